The molecule has 1 N–H and O–H groups in total. The first-order valence-corrected chi connectivity index (χ1v) is 9.88. The standard InChI is InChI=1S/C19H16N4O5S/c1-19(12-2-3-13-14(8-12)27-6-5-26-13)17(24)23(18(25)21-19)9-15-20-16(22-28-15)11-4-7-29-10-11/h2-4,7-8,10H,5-6,9H2,1H3,(H,21,25). The Hall–Kier alpha value is -3.40. The summed E-state index contributed by atoms with van der Waals surface area (Å²) in [7, 11) is 0. The number of amides is 3. The summed E-state index contributed by atoms with van der Waals surface area (Å²) in [4.78, 5) is 31.0. The van der Waals surface area contributed by atoms with Gasteiger partial charge in [-0.1, -0.05) is 11.2 Å². The van der Waals surface area contributed by atoms with Crippen molar-refractivity contribution in [2.24, 2.45) is 0 Å². The van der Waals surface area contributed by atoms with Crippen LogP contribution in [-0.2, 0) is 16.9 Å². The summed E-state index contributed by atoms with van der Waals surface area (Å²) in [6.45, 7) is 2.46. The van der Waals surface area contributed by atoms with Crippen molar-refractivity contribution in [1.29, 1.82) is 0 Å². The van der Waals surface area contributed by atoms with Gasteiger partial charge in [0.2, 0.25) is 11.7 Å². The van der Waals surface area contributed by atoms with E-state index in [2.05, 4.69) is 15.5 Å². The summed E-state index contributed by atoms with van der Waals surface area (Å²) in [6, 6.07) is 6.55. The number of ether oxygens (including phenoxy) is 2. The van der Waals surface area contributed by atoms with E-state index in [0.717, 1.165) is 10.5 Å². The topological polar surface area (TPSA) is 107 Å². The molecular weight excluding hydrogens is 396 g/mol. The number of fused-ring (bicyclic) bond motifs is 1. The van der Waals surface area contributed by atoms with Gasteiger partial charge in [-0.2, -0.15) is 16.3 Å². The van der Waals surface area contributed by atoms with Crippen LogP contribution in [0.25, 0.3) is 11.4 Å². The highest BCUT2D eigenvalue weighted by Crippen LogP contribution is 2.37. The lowest BCUT2D eigenvalue weighted by Crippen LogP contribution is -2.41. The molecule has 1 unspecified atom stereocenters. The monoisotopic (exact) mass is 412 g/mol. The fraction of sp³-hybridized carbons (Fsp3) is 0.263. The summed E-state index contributed by atoms with van der Waals surface area (Å²) in [5, 5.41) is 10.5. The average molecular weight is 412 g/mol. The van der Waals surface area contributed by atoms with E-state index in [9.17, 15) is 9.59 Å². The van der Waals surface area contributed by atoms with Gasteiger partial charge in [-0.15, -0.1) is 0 Å². The largest absolute Gasteiger partial charge is 0.486 e. The van der Waals surface area contributed by atoms with Crippen molar-refractivity contribution >= 4 is 23.3 Å². The van der Waals surface area contributed by atoms with Gasteiger partial charge in [0.15, 0.2) is 11.5 Å². The lowest BCUT2D eigenvalue weighted by atomic mass is 9.91. The van der Waals surface area contributed by atoms with E-state index in [4.69, 9.17) is 14.0 Å². The Bertz CT molecular complexity index is 1100. The number of carbonyl (C=O) groups excluding carboxylic acids is 2. The molecule has 5 rings (SSSR count). The maximum absolute atomic E-state index is 13.1. The van der Waals surface area contributed by atoms with Gasteiger partial charge in [0.05, 0.1) is 0 Å². The van der Waals surface area contributed by atoms with Crippen LogP contribution in [0.3, 0.4) is 0 Å². The van der Waals surface area contributed by atoms with Crippen molar-refractivity contribution in [2.75, 3.05) is 13.2 Å². The molecule has 2 aliphatic rings. The molecule has 0 radical (unpaired) electrons. The summed E-state index contributed by atoms with van der Waals surface area (Å²) < 4.78 is 16.3. The number of rotatable bonds is 4. The molecule has 10 heteroatoms. The number of imide groups is 1. The molecule has 1 fully saturated rings. The van der Waals surface area contributed by atoms with E-state index in [1.165, 1.54) is 11.3 Å². The zero-order chi connectivity index (χ0) is 20.0. The summed E-state index contributed by atoms with van der Waals surface area (Å²) in [6.07, 6.45) is 0. The van der Waals surface area contributed by atoms with E-state index in [1.54, 1.807) is 25.1 Å². The third-order valence-corrected chi connectivity index (χ3v) is 5.62. The molecule has 0 spiro atoms. The molecule has 0 bridgehead atoms. The van der Waals surface area contributed by atoms with Gasteiger partial charge in [-0.25, -0.2) is 4.79 Å². The zero-order valence-electron chi connectivity index (χ0n) is 15.4. The first-order valence-electron chi connectivity index (χ1n) is 8.94. The lowest BCUT2D eigenvalue weighted by molar-refractivity contribution is -0.131. The van der Waals surface area contributed by atoms with Crippen LogP contribution in [0.4, 0.5) is 4.79 Å². The van der Waals surface area contributed by atoms with Crippen molar-refractivity contribution in [3.8, 4) is 22.9 Å². The van der Waals surface area contributed by atoms with Crippen LogP contribution in [0.1, 0.15) is 18.4 Å². The van der Waals surface area contributed by atoms with Crippen LogP contribution >= 0.6 is 11.3 Å². The molecule has 9 nitrogen and oxygen atoms in total. The fourth-order valence-electron chi connectivity index (χ4n) is 3.35. The summed E-state index contributed by atoms with van der Waals surface area (Å²) in [5.74, 6) is 1.36. The van der Waals surface area contributed by atoms with Gasteiger partial charge in [-0.3, -0.25) is 9.69 Å². The van der Waals surface area contributed by atoms with Crippen molar-refractivity contribution in [3.05, 3.63) is 46.5 Å². The number of hydrogen-bond acceptors (Lipinski definition) is 8. The Kier molecular flexibility index (Phi) is 4.02. The second-order valence-electron chi connectivity index (χ2n) is 6.83. The number of urea groups is 1. The third-order valence-electron chi connectivity index (χ3n) is 4.94. The minimum Gasteiger partial charge on any atom is -0.486 e. The average Bonchev–Trinajstić information content (AvgIpc) is 3.46. The maximum Gasteiger partial charge on any atom is 0.325 e. The molecule has 1 aromatic carbocycles. The van der Waals surface area contributed by atoms with E-state index < -0.39 is 17.5 Å². The van der Waals surface area contributed by atoms with Crippen molar-refractivity contribution in [3.63, 3.8) is 0 Å². The minimum absolute atomic E-state index is 0.109. The van der Waals surface area contributed by atoms with Gasteiger partial charge in [0.1, 0.15) is 25.3 Å². The van der Waals surface area contributed by atoms with Gasteiger partial charge in [0, 0.05) is 10.9 Å². The highest BCUT2D eigenvalue weighted by atomic mass is 32.1. The Morgan fingerprint density at radius 1 is 1.21 bits per heavy atom. The number of benzene rings is 1. The molecular formula is C19H16N4O5S. The Morgan fingerprint density at radius 2 is 2.03 bits per heavy atom. The Morgan fingerprint density at radius 3 is 2.83 bits per heavy atom. The predicted molar refractivity (Wildman–Crippen MR) is 101 cm³/mol. The Labute approximate surface area is 169 Å². The lowest BCUT2D eigenvalue weighted by Gasteiger charge is -2.25. The van der Waals surface area contributed by atoms with Gasteiger partial charge >= 0.3 is 6.03 Å². The SMILES string of the molecule is CC1(c2ccc3c(c2)OCCO3)NC(=O)N(Cc2nc(-c3ccsc3)no2)C1=O. The second kappa shape index (κ2) is 6.59. The van der Waals surface area contributed by atoms with Gasteiger partial charge < -0.3 is 19.3 Å². The number of thiophene rings is 1. The van der Waals surface area contributed by atoms with Crippen molar-refractivity contribution in [2.45, 2.75) is 19.0 Å². The van der Waals surface area contributed by atoms with E-state index in [1.807, 2.05) is 16.8 Å². The molecule has 1 saturated heterocycles. The molecule has 2 aliphatic heterocycles. The van der Waals surface area contributed by atoms with Crippen LogP contribution in [-0.4, -0.2) is 40.2 Å². The number of carbonyl (C=O) groups is 2. The van der Waals surface area contributed by atoms with E-state index in [-0.39, 0.29) is 12.4 Å². The highest BCUT2D eigenvalue weighted by molar-refractivity contribution is 7.08. The maximum atomic E-state index is 13.1. The second-order valence-corrected chi connectivity index (χ2v) is 7.61. The van der Waals surface area contributed by atoms with Gasteiger partial charge in [-0.05, 0) is 36.1 Å². The normalized spacial score (nSPS) is 20.8. The fourth-order valence-corrected chi connectivity index (χ4v) is 3.99. The molecule has 1 atom stereocenters. The molecule has 0 saturated carbocycles. The minimum atomic E-state index is -1.23. The summed E-state index contributed by atoms with van der Waals surface area (Å²) in [5.41, 5.74) is 0.193. The predicted octanol–water partition coefficient (Wildman–Crippen LogP) is 2.54. The number of nitrogens with zero attached hydrogens (tertiary/aromatic N) is 3. The smallest absolute Gasteiger partial charge is 0.325 e. The molecule has 2 aromatic heterocycles. The zero-order valence-corrected chi connectivity index (χ0v) is 16.2. The first kappa shape index (κ1) is 17.7. The molecule has 3 aromatic rings. The van der Waals surface area contributed by atoms with E-state index >= 15 is 0 Å². The van der Waals surface area contributed by atoms with Crippen LogP contribution in [0, 0.1) is 0 Å². The van der Waals surface area contributed by atoms with Crippen LogP contribution in [0.5, 0.6) is 11.5 Å². The third kappa shape index (κ3) is 2.92. The molecule has 29 heavy (non-hydrogen) atoms. The van der Waals surface area contributed by atoms with Crippen LogP contribution in [0.2, 0.25) is 0 Å². The number of aromatic nitrogens is 2. The number of nitrogens with one attached hydrogen (secondary N) is 1. The van der Waals surface area contributed by atoms with Crippen molar-refractivity contribution in [1.82, 2.24) is 20.4 Å². The van der Waals surface area contributed by atoms with Crippen molar-refractivity contribution < 1.29 is 23.6 Å². The molecule has 0 aliphatic carbocycles. The van der Waals surface area contributed by atoms with Crippen LogP contribution < -0.4 is 14.8 Å². The Balaban J connectivity index is 1.39. The number of hydrogen-bond donors (Lipinski definition) is 1. The summed E-state index contributed by atoms with van der Waals surface area (Å²) >= 11 is 1.51. The first-order chi connectivity index (χ1) is 14.0. The quantitative estimate of drug-likeness (QED) is 0.656. The van der Waals surface area contributed by atoms with Crippen LogP contribution in [0.15, 0.2) is 39.5 Å². The van der Waals surface area contributed by atoms with Gasteiger partial charge in [0.25, 0.3) is 5.91 Å². The molecule has 148 valence electrons. The van der Waals surface area contributed by atoms with E-state index in [0.29, 0.717) is 36.1 Å². The molecule has 3 amide bonds. The highest BCUT2D eigenvalue weighted by Gasteiger charge is 2.49. The molecule has 4 heterocycles.